The third-order valence-corrected chi connectivity index (χ3v) is 4.40. The third kappa shape index (κ3) is 18.7. The number of carbonyl (C=O) groups is 1. The van der Waals surface area contributed by atoms with Crippen LogP contribution < -0.4 is 34.7 Å². The average molecular weight is 380 g/mol. The van der Waals surface area contributed by atoms with Gasteiger partial charge < -0.3 is 14.9 Å². The van der Waals surface area contributed by atoms with Crippen LogP contribution in [0, 0.1) is 0 Å². The molecule has 5 nitrogen and oxygen atoms in total. The summed E-state index contributed by atoms with van der Waals surface area (Å²) < 4.78 is 4.76. The fourth-order valence-corrected chi connectivity index (χ4v) is 2.85. The van der Waals surface area contributed by atoms with E-state index in [2.05, 4.69) is 11.9 Å². The van der Waals surface area contributed by atoms with E-state index in [4.69, 9.17) is 9.84 Å². The predicted molar refractivity (Wildman–Crippen MR) is 101 cm³/mol. The van der Waals surface area contributed by atoms with Gasteiger partial charge in [0.1, 0.15) is 0 Å². The van der Waals surface area contributed by atoms with Gasteiger partial charge in [0, 0.05) is 7.11 Å². The number of aliphatic carboxylic acids is 1. The van der Waals surface area contributed by atoms with Crippen LogP contribution in [0.5, 0.6) is 0 Å². The topological polar surface area (TPSA) is 82.0 Å². The number of carboxylic acids is 1. The number of nitrogens with zero attached hydrogens (tertiary/aromatic N) is 1. The maximum absolute atomic E-state index is 11.6. The zero-order valence-electron chi connectivity index (χ0n) is 17.3. The molecule has 0 amide bonds. The third-order valence-electron chi connectivity index (χ3n) is 4.40. The first-order valence-electron chi connectivity index (χ1n) is 10.1. The van der Waals surface area contributed by atoms with E-state index in [1.165, 1.54) is 71.3 Å². The number of ether oxygens (including phenoxy) is 1. The van der Waals surface area contributed by atoms with Crippen LogP contribution in [0.3, 0.4) is 0 Å². The largest absolute Gasteiger partial charge is 1.00 e. The van der Waals surface area contributed by atoms with Crippen LogP contribution in [0.15, 0.2) is 4.99 Å². The Bertz CT molecular complexity index is 351. The summed E-state index contributed by atoms with van der Waals surface area (Å²) >= 11 is 0. The first-order chi connectivity index (χ1) is 12.1. The smallest absolute Gasteiger partial charge is 0.862 e. The summed E-state index contributed by atoms with van der Waals surface area (Å²) in [6.45, 7) is 2.19. The van der Waals surface area contributed by atoms with Crippen LogP contribution in [-0.4, -0.2) is 36.7 Å². The molecule has 0 aromatic rings. The van der Waals surface area contributed by atoms with Crippen LogP contribution in [0.4, 0.5) is 0 Å². The number of unbranched alkanes of at least 4 members (excludes halogenated alkanes) is 12. The van der Waals surface area contributed by atoms with Crippen LogP contribution >= 0.6 is 0 Å². The average Bonchev–Trinajstić information content (AvgIpc) is 2.58. The minimum atomic E-state index is -1.11. The van der Waals surface area contributed by atoms with E-state index in [1.807, 2.05) is 0 Å². The molecule has 0 aliphatic rings. The number of hydrogen-bond donors (Lipinski definition) is 1. The van der Waals surface area contributed by atoms with Crippen molar-refractivity contribution in [1.82, 2.24) is 0 Å². The van der Waals surface area contributed by atoms with E-state index >= 15 is 0 Å². The Balaban J connectivity index is 0. The van der Waals surface area contributed by atoms with Crippen LogP contribution in [0.1, 0.15) is 96.8 Å². The molecule has 1 unspecified atom stereocenters. The molecule has 0 fully saturated rings. The first kappa shape index (κ1) is 28.1. The summed E-state index contributed by atoms with van der Waals surface area (Å²) in [7, 11) is 1.41. The van der Waals surface area contributed by atoms with Crippen LogP contribution in [0.25, 0.3) is 0 Å². The minimum absolute atomic E-state index is 0. The molecule has 0 radical (unpaired) electrons. The second-order valence-corrected chi connectivity index (χ2v) is 6.82. The van der Waals surface area contributed by atoms with Gasteiger partial charge in [-0.25, -0.2) is 4.79 Å². The van der Waals surface area contributed by atoms with E-state index in [0.717, 1.165) is 19.3 Å². The molecule has 0 rings (SSSR count). The maximum atomic E-state index is 11.6. The summed E-state index contributed by atoms with van der Waals surface area (Å²) in [5, 5.41) is 20.6. The molecule has 26 heavy (non-hydrogen) atoms. The van der Waals surface area contributed by atoms with Crippen molar-refractivity contribution >= 4 is 11.9 Å². The number of carboxylic acid groups (broad SMARTS) is 1. The molecular weight excluding hydrogens is 341 g/mol. The molecule has 0 saturated heterocycles. The molecule has 6 heteroatoms. The maximum Gasteiger partial charge on any atom is 1.00 e. The molecule has 0 aliphatic carbocycles. The number of rotatable bonds is 18. The summed E-state index contributed by atoms with van der Waals surface area (Å²) in [5.41, 5.74) is 0. The van der Waals surface area contributed by atoms with Gasteiger partial charge in [-0.1, -0.05) is 84.0 Å². The standard InChI is InChI=1S/C20H39NO4.Na/c1-3-4-5-6-7-8-9-10-11-12-13-14-15-16-19(22)21-18(17-25-2)20(23)24;/h18H,3-17H2,1-2H3,(H,21,22)(H,23,24);/q;+1/p-1. The van der Waals surface area contributed by atoms with Gasteiger partial charge in [-0.15, -0.1) is 0 Å². The molecule has 0 aliphatic heterocycles. The predicted octanol–water partition coefficient (Wildman–Crippen LogP) is 1.33. The van der Waals surface area contributed by atoms with Gasteiger partial charge in [0.25, 0.3) is 0 Å². The van der Waals surface area contributed by atoms with E-state index in [0.29, 0.717) is 6.42 Å². The molecule has 0 aromatic carbocycles. The summed E-state index contributed by atoms with van der Waals surface area (Å²) in [5.74, 6) is -1.44. The molecule has 0 bridgehead atoms. The Kier molecular flexibility index (Phi) is 22.9. The Morgan fingerprint density at radius 3 is 1.73 bits per heavy atom. The van der Waals surface area contributed by atoms with Crippen molar-refractivity contribution in [1.29, 1.82) is 0 Å². The molecular formula is C20H38NNaO4. The molecule has 1 atom stereocenters. The SMILES string of the molecule is CCCCCCCCCCCCCCCC([O-])=NC(COC)C(=O)O.[Na+]. The van der Waals surface area contributed by atoms with Crippen molar-refractivity contribution in [2.45, 2.75) is 103 Å². The fourth-order valence-electron chi connectivity index (χ4n) is 2.85. The van der Waals surface area contributed by atoms with Gasteiger partial charge in [0.15, 0.2) is 6.04 Å². The van der Waals surface area contributed by atoms with E-state index in [-0.39, 0.29) is 42.1 Å². The number of methoxy groups -OCH3 is 1. The van der Waals surface area contributed by atoms with Crippen molar-refractivity contribution in [3.05, 3.63) is 0 Å². The van der Waals surface area contributed by atoms with Gasteiger partial charge in [0.2, 0.25) is 0 Å². The summed E-state index contributed by atoms with van der Waals surface area (Å²) in [6, 6.07) is -1.07. The second kappa shape index (κ2) is 21.2. The van der Waals surface area contributed by atoms with Gasteiger partial charge in [-0.3, -0.25) is 4.99 Å². The van der Waals surface area contributed by atoms with Gasteiger partial charge >= 0.3 is 35.5 Å². The first-order valence-corrected chi connectivity index (χ1v) is 10.1. The molecule has 0 spiro atoms. The van der Waals surface area contributed by atoms with Crippen molar-refractivity contribution < 1.29 is 49.3 Å². The summed E-state index contributed by atoms with van der Waals surface area (Å²) in [6.07, 6.45) is 16.7. The summed E-state index contributed by atoms with van der Waals surface area (Å²) in [4.78, 5) is 14.6. The van der Waals surface area contributed by atoms with Gasteiger partial charge in [-0.2, -0.15) is 0 Å². The normalized spacial score (nSPS) is 12.6. The number of aliphatic imine (C=N–C) groups is 1. The van der Waals surface area contributed by atoms with Gasteiger partial charge in [-0.05, 0) is 18.7 Å². The Hall–Kier alpha value is -0.100. The molecule has 0 saturated carbocycles. The number of hydrogen-bond acceptors (Lipinski definition) is 4. The Morgan fingerprint density at radius 2 is 1.35 bits per heavy atom. The monoisotopic (exact) mass is 379 g/mol. The van der Waals surface area contributed by atoms with E-state index < -0.39 is 12.0 Å². The zero-order chi connectivity index (χ0) is 18.8. The van der Waals surface area contributed by atoms with E-state index in [9.17, 15) is 9.90 Å². The molecule has 148 valence electrons. The van der Waals surface area contributed by atoms with Crippen molar-refractivity contribution in [3.8, 4) is 0 Å². The quantitative estimate of drug-likeness (QED) is 0.169. The Labute approximate surface area is 182 Å². The van der Waals surface area contributed by atoms with Gasteiger partial charge in [0.05, 0.1) is 6.61 Å². The molecule has 0 aromatic heterocycles. The van der Waals surface area contributed by atoms with Crippen LogP contribution in [-0.2, 0) is 9.53 Å². The van der Waals surface area contributed by atoms with Crippen molar-refractivity contribution in [2.75, 3.05) is 13.7 Å². The minimum Gasteiger partial charge on any atom is -0.862 e. The van der Waals surface area contributed by atoms with E-state index in [1.54, 1.807) is 0 Å². The second-order valence-electron chi connectivity index (χ2n) is 6.82. The van der Waals surface area contributed by atoms with Crippen molar-refractivity contribution in [3.63, 3.8) is 0 Å². The molecule has 0 heterocycles. The molecule has 1 N–H and O–H groups in total. The van der Waals surface area contributed by atoms with Crippen LogP contribution in [0.2, 0.25) is 0 Å². The zero-order valence-corrected chi connectivity index (χ0v) is 19.3. The fraction of sp³-hybridized carbons (Fsp3) is 0.900. The van der Waals surface area contributed by atoms with Crippen molar-refractivity contribution in [2.24, 2.45) is 4.99 Å². The Morgan fingerprint density at radius 1 is 0.923 bits per heavy atom.